The van der Waals surface area contributed by atoms with E-state index in [2.05, 4.69) is 4.98 Å². The second kappa shape index (κ2) is 8.69. The van der Waals surface area contributed by atoms with Crippen LogP contribution in [0.2, 0.25) is 5.02 Å². The summed E-state index contributed by atoms with van der Waals surface area (Å²) >= 11 is 6.41. The van der Waals surface area contributed by atoms with E-state index in [-0.39, 0.29) is 24.0 Å². The van der Waals surface area contributed by atoms with Crippen LogP contribution in [0.15, 0.2) is 73.1 Å². The summed E-state index contributed by atoms with van der Waals surface area (Å²) in [6.45, 7) is 0.488. The molecule has 0 fully saturated rings. The molecule has 138 valence electrons. The SMILES string of the molecule is CN(Cc1cccnc1)C(=O)C[C@@H](c1cccc(O)c1)c1ccccc1Cl. The number of phenolic OH excluding ortho intramolecular Hbond substituents is 1. The Hall–Kier alpha value is -2.85. The van der Waals surface area contributed by atoms with Crippen molar-refractivity contribution in [3.63, 3.8) is 0 Å². The lowest BCUT2D eigenvalue weighted by Gasteiger charge is -2.23. The van der Waals surface area contributed by atoms with E-state index in [1.807, 2.05) is 42.5 Å². The molecule has 0 aliphatic heterocycles. The maximum Gasteiger partial charge on any atom is 0.223 e. The monoisotopic (exact) mass is 380 g/mol. The van der Waals surface area contributed by atoms with Crippen molar-refractivity contribution in [2.45, 2.75) is 18.9 Å². The number of benzene rings is 2. The number of rotatable bonds is 6. The summed E-state index contributed by atoms with van der Waals surface area (Å²) in [6, 6.07) is 18.3. The van der Waals surface area contributed by atoms with Crippen molar-refractivity contribution >= 4 is 17.5 Å². The van der Waals surface area contributed by atoms with Gasteiger partial charge in [0.25, 0.3) is 0 Å². The van der Waals surface area contributed by atoms with Crippen LogP contribution in [0.4, 0.5) is 0 Å². The molecule has 3 aromatic rings. The Morgan fingerprint density at radius 3 is 2.67 bits per heavy atom. The minimum Gasteiger partial charge on any atom is -0.508 e. The van der Waals surface area contributed by atoms with Crippen LogP contribution in [0.1, 0.15) is 29.0 Å². The first-order valence-electron chi connectivity index (χ1n) is 8.71. The van der Waals surface area contributed by atoms with Crippen molar-refractivity contribution in [1.82, 2.24) is 9.88 Å². The molecule has 0 unspecified atom stereocenters. The standard InChI is InChI=1S/C22H21ClN2O2/c1-25(15-16-6-5-11-24-14-16)22(27)13-20(17-7-4-8-18(26)12-17)19-9-2-3-10-21(19)23/h2-12,14,20,26H,13,15H2,1H3/t20-/m0/s1. The van der Waals surface area contributed by atoms with Gasteiger partial charge in [-0.2, -0.15) is 0 Å². The van der Waals surface area contributed by atoms with Crippen molar-refractivity contribution in [2.24, 2.45) is 0 Å². The lowest BCUT2D eigenvalue weighted by Crippen LogP contribution is -2.28. The normalized spacial score (nSPS) is 11.8. The number of halogens is 1. The van der Waals surface area contributed by atoms with Crippen LogP contribution in [0.25, 0.3) is 0 Å². The molecule has 1 N–H and O–H groups in total. The Balaban J connectivity index is 1.85. The number of hydrogen-bond acceptors (Lipinski definition) is 3. The lowest BCUT2D eigenvalue weighted by atomic mass is 9.88. The molecule has 0 bridgehead atoms. The molecule has 2 aromatic carbocycles. The second-order valence-corrected chi connectivity index (χ2v) is 6.89. The first-order valence-corrected chi connectivity index (χ1v) is 9.08. The molecule has 0 saturated heterocycles. The molecule has 0 spiro atoms. The van der Waals surface area contributed by atoms with Crippen molar-refractivity contribution in [3.05, 3.63) is 94.8 Å². The molecule has 4 nitrogen and oxygen atoms in total. The van der Waals surface area contributed by atoms with E-state index in [0.717, 1.165) is 16.7 Å². The fourth-order valence-electron chi connectivity index (χ4n) is 3.09. The van der Waals surface area contributed by atoms with E-state index in [9.17, 15) is 9.90 Å². The molecule has 1 amide bonds. The molecule has 0 radical (unpaired) electrons. The van der Waals surface area contributed by atoms with Crippen LogP contribution < -0.4 is 0 Å². The van der Waals surface area contributed by atoms with E-state index in [1.54, 1.807) is 42.5 Å². The van der Waals surface area contributed by atoms with Crippen molar-refractivity contribution < 1.29 is 9.90 Å². The fraction of sp³-hybridized carbons (Fsp3) is 0.182. The summed E-state index contributed by atoms with van der Waals surface area (Å²) in [7, 11) is 1.78. The van der Waals surface area contributed by atoms with Gasteiger partial charge in [-0.1, -0.05) is 48.0 Å². The summed E-state index contributed by atoms with van der Waals surface area (Å²) in [5.41, 5.74) is 2.69. The second-order valence-electron chi connectivity index (χ2n) is 6.48. The number of aromatic nitrogens is 1. The molecule has 1 atom stereocenters. The van der Waals surface area contributed by atoms with Crippen molar-refractivity contribution in [2.75, 3.05) is 7.05 Å². The molecular formula is C22H21ClN2O2. The van der Waals surface area contributed by atoms with Crippen LogP contribution in [0.3, 0.4) is 0 Å². The highest BCUT2D eigenvalue weighted by molar-refractivity contribution is 6.31. The largest absolute Gasteiger partial charge is 0.508 e. The highest BCUT2D eigenvalue weighted by atomic mass is 35.5. The van der Waals surface area contributed by atoms with Gasteiger partial charge in [-0.15, -0.1) is 0 Å². The molecule has 3 rings (SSSR count). The van der Waals surface area contributed by atoms with E-state index >= 15 is 0 Å². The van der Waals surface area contributed by atoms with Crippen LogP contribution in [0, 0.1) is 0 Å². The lowest BCUT2D eigenvalue weighted by molar-refractivity contribution is -0.130. The van der Waals surface area contributed by atoms with E-state index in [4.69, 9.17) is 11.6 Å². The van der Waals surface area contributed by atoms with Crippen LogP contribution in [-0.2, 0) is 11.3 Å². The number of phenols is 1. The Bertz CT molecular complexity index is 915. The van der Waals surface area contributed by atoms with Gasteiger partial charge < -0.3 is 10.0 Å². The predicted molar refractivity (Wildman–Crippen MR) is 107 cm³/mol. The van der Waals surface area contributed by atoms with Gasteiger partial charge in [-0.25, -0.2) is 0 Å². The molecule has 1 aromatic heterocycles. The van der Waals surface area contributed by atoms with Gasteiger partial charge in [-0.3, -0.25) is 9.78 Å². The first-order chi connectivity index (χ1) is 13.0. The van der Waals surface area contributed by atoms with Gasteiger partial charge in [0.2, 0.25) is 5.91 Å². The minimum absolute atomic E-state index is 0.00730. The van der Waals surface area contributed by atoms with Gasteiger partial charge in [0.15, 0.2) is 0 Å². The van der Waals surface area contributed by atoms with E-state index in [1.165, 1.54) is 0 Å². The van der Waals surface area contributed by atoms with E-state index < -0.39 is 0 Å². The third-order valence-corrected chi connectivity index (χ3v) is 4.84. The van der Waals surface area contributed by atoms with Crippen molar-refractivity contribution in [3.8, 4) is 5.75 Å². The molecule has 0 aliphatic rings. The topological polar surface area (TPSA) is 53.4 Å². The van der Waals surface area contributed by atoms with Crippen LogP contribution >= 0.6 is 11.6 Å². The summed E-state index contributed by atoms with van der Waals surface area (Å²) in [4.78, 5) is 18.7. The zero-order valence-corrected chi connectivity index (χ0v) is 15.8. The van der Waals surface area contributed by atoms with Gasteiger partial charge in [0.1, 0.15) is 5.75 Å². The third-order valence-electron chi connectivity index (χ3n) is 4.50. The number of carbonyl (C=O) groups is 1. The molecular weight excluding hydrogens is 360 g/mol. The van der Waals surface area contributed by atoms with Gasteiger partial charge in [0, 0.05) is 43.3 Å². The Morgan fingerprint density at radius 2 is 1.96 bits per heavy atom. The summed E-state index contributed by atoms with van der Waals surface area (Å²) in [6.07, 6.45) is 3.72. The zero-order valence-electron chi connectivity index (χ0n) is 15.0. The first kappa shape index (κ1) is 18.9. The molecule has 1 heterocycles. The molecule has 27 heavy (non-hydrogen) atoms. The highest BCUT2D eigenvalue weighted by Gasteiger charge is 2.23. The van der Waals surface area contributed by atoms with Gasteiger partial charge >= 0.3 is 0 Å². The molecule has 5 heteroatoms. The molecule has 0 aliphatic carbocycles. The smallest absolute Gasteiger partial charge is 0.223 e. The number of nitrogens with zero attached hydrogens (tertiary/aromatic N) is 2. The quantitative estimate of drug-likeness (QED) is 0.678. The molecule has 0 saturated carbocycles. The van der Waals surface area contributed by atoms with Crippen LogP contribution in [0.5, 0.6) is 5.75 Å². The number of amides is 1. The Kier molecular flexibility index (Phi) is 6.09. The van der Waals surface area contributed by atoms with Crippen molar-refractivity contribution in [1.29, 1.82) is 0 Å². The minimum atomic E-state index is -0.241. The Morgan fingerprint density at radius 1 is 1.15 bits per heavy atom. The zero-order chi connectivity index (χ0) is 19.2. The average Bonchev–Trinajstić information content (AvgIpc) is 2.67. The van der Waals surface area contributed by atoms with Gasteiger partial charge in [0.05, 0.1) is 0 Å². The fourth-order valence-corrected chi connectivity index (χ4v) is 3.36. The summed E-state index contributed by atoms with van der Waals surface area (Å²) in [5, 5.41) is 10.5. The average molecular weight is 381 g/mol. The maximum atomic E-state index is 12.9. The predicted octanol–water partition coefficient (Wildman–Crippen LogP) is 4.62. The Labute approximate surface area is 164 Å². The number of aromatic hydroxyl groups is 1. The number of hydrogen-bond donors (Lipinski definition) is 1. The van der Waals surface area contributed by atoms with E-state index in [0.29, 0.717) is 11.6 Å². The summed E-state index contributed by atoms with van der Waals surface area (Å²) < 4.78 is 0. The maximum absolute atomic E-state index is 12.9. The number of carbonyl (C=O) groups excluding carboxylic acids is 1. The van der Waals surface area contributed by atoms with Gasteiger partial charge in [-0.05, 0) is 41.0 Å². The third kappa shape index (κ3) is 4.86. The highest BCUT2D eigenvalue weighted by Crippen LogP contribution is 2.34. The number of pyridine rings is 1. The van der Waals surface area contributed by atoms with Crippen LogP contribution in [-0.4, -0.2) is 27.9 Å². The summed E-state index contributed by atoms with van der Waals surface area (Å²) in [5.74, 6) is -0.0810.